The van der Waals surface area contributed by atoms with Gasteiger partial charge in [0.1, 0.15) is 5.92 Å². The van der Waals surface area contributed by atoms with Gasteiger partial charge in [-0.05, 0) is 11.8 Å². The van der Waals surface area contributed by atoms with Crippen LogP contribution in [-0.4, -0.2) is 17.3 Å². The van der Waals surface area contributed by atoms with Gasteiger partial charge in [-0.2, -0.15) is 0 Å². The van der Waals surface area contributed by atoms with Crippen LogP contribution in [0.4, 0.5) is 0 Å². The Bertz CT molecular complexity index is 273. The average molecular weight is 210 g/mol. The second-order valence-electron chi connectivity index (χ2n) is 4.60. The lowest BCUT2D eigenvalue weighted by atomic mass is 9.73. The number of carbonyl (C=O) groups is 3. The zero-order valence-corrected chi connectivity index (χ0v) is 9.58. The van der Waals surface area contributed by atoms with Crippen LogP contribution in [0, 0.1) is 17.8 Å². The molecule has 0 heterocycles. The van der Waals surface area contributed by atoms with E-state index in [4.69, 9.17) is 0 Å². The Hall–Kier alpha value is -0.990. The van der Waals surface area contributed by atoms with E-state index in [1.165, 1.54) is 0 Å². The number of Topliss-reactive ketones (excluding diaryl/α,β-unsaturated/α-hetero) is 3. The average Bonchev–Trinajstić information content (AvgIpc) is 2.16. The quantitative estimate of drug-likeness (QED) is 0.667. The molecule has 1 aliphatic rings. The van der Waals surface area contributed by atoms with Crippen molar-refractivity contribution < 1.29 is 14.4 Å². The van der Waals surface area contributed by atoms with Crippen molar-refractivity contribution in [1.29, 1.82) is 0 Å². The van der Waals surface area contributed by atoms with Crippen molar-refractivity contribution in [2.45, 2.75) is 40.0 Å². The van der Waals surface area contributed by atoms with Gasteiger partial charge in [-0.15, -0.1) is 0 Å². The highest BCUT2D eigenvalue weighted by molar-refractivity contribution is 6.20. The molecule has 0 aromatic carbocycles. The Morgan fingerprint density at radius 2 is 1.73 bits per heavy atom. The van der Waals surface area contributed by atoms with E-state index in [1.807, 2.05) is 13.8 Å². The molecule has 0 atom stereocenters. The number of carbonyl (C=O) groups excluding carboxylic acids is 3. The summed E-state index contributed by atoms with van der Waals surface area (Å²) in [6.07, 6.45) is 1.05. The SMILES string of the molecule is CCC(=O)C1C(=O)CC(C(C)C)CC1=O. The van der Waals surface area contributed by atoms with Gasteiger partial charge in [0.2, 0.25) is 0 Å². The molecule has 3 nitrogen and oxygen atoms in total. The van der Waals surface area contributed by atoms with E-state index in [0.717, 1.165) is 0 Å². The summed E-state index contributed by atoms with van der Waals surface area (Å²) in [6.45, 7) is 5.71. The lowest BCUT2D eigenvalue weighted by molar-refractivity contribution is -0.144. The molecule has 0 aliphatic heterocycles. The molecule has 3 heteroatoms. The summed E-state index contributed by atoms with van der Waals surface area (Å²) in [6, 6.07) is 0. The lowest BCUT2D eigenvalue weighted by Gasteiger charge is -2.27. The number of rotatable bonds is 3. The molecular weight excluding hydrogens is 192 g/mol. The normalized spacial score (nSPS) is 27.2. The summed E-state index contributed by atoms with van der Waals surface area (Å²) in [5.74, 6) is -1.03. The first kappa shape index (κ1) is 12.1. The molecule has 0 aromatic rings. The zero-order valence-electron chi connectivity index (χ0n) is 9.58. The van der Waals surface area contributed by atoms with E-state index >= 15 is 0 Å². The van der Waals surface area contributed by atoms with E-state index in [-0.39, 0.29) is 29.7 Å². The molecule has 1 saturated carbocycles. The molecule has 0 N–H and O–H groups in total. The van der Waals surface area contributed by atoms with Crippen LogP contribution in [-0.2, 0) is 14.4 Å². The van der Waals surface area contributed by atoms with E-state index in [2.05, 4.69) is 0 Å². The van der Waals surface area contributed by atoms with E-state index in [9.17, 15) is 14.4 Å². The predicted molar refractivity (Wildman–Crippen MR) is 56.4 cm³/mol. The molecule has 1 rings (SSSR count). The minimum Gasteiger partial charge on any atom is -0.298 e. The van der Waals surface area contributed by atoms with Gasteiger partial charge in [-0.1, -0.05) is 20.8 Å². The minimum absolute atomic E-state index is 0.130. The van der Waals surface area contributed by atoms with Crippen molar-refractivity contribution in [1.82, 2.24) is 0 Å². The second kappa shape index (κ2) is 4.69. The fourth-order valence-electron chi connectivity index (χ4n) is 2.04. The summed E-state index contributed by atoms with van der Waals surface area (Å²) in [7, 11) is 0. The molecule has 0 aromatic heterocycles. The molecule has 15 heavy (non-hydrogen) atoms. The molecule has 1 aliphatic carbocycles. The summed E-state index contributed by atoms with van der Waals surface area (Å²) >= 11 is 0. The van der Waals surface area contributed by atoms with Gasteiger partial charge >= 0.3 is 0 Å². The van der Waals surface area contributed by atoms with Gasteiger partial charge in [-0.3, -0.25) is 14.4 Å². The maximum atomic E-state index is 11.7. The number of ketones is 3. The Kier molecular flexibility index (Phi) is 3.77. The van der Waals surface area contributed by atoms with Crippen molar-refractivity contribution in [2.75, 3.05) is 0 Å². The first-order chi connectivity index (χ1) is 6.97. The minimum atomic E-state index is -0.940. The first-order valence-corrected chi connectivity index (χ1v) is 5.55. The Balaban J connectivity index is 2.78. The summed E-state index contributed by atoms with van der Waals surface area (Å²) in [5, 5.41) is 0. The van der Waals surface area contributed by atoms with Crippen LogP contribution < -0.4 is 0 Å². The van der Waals surface area contributed by atoms with E-state index in [1.54, 1.807) is 6.92 Å². The Morgan fingerprint density at radius 1 is 1.27 bits per heavy atom. The predicted octanol–water partition coefficient (Wildman–Crippen LogP) is 1.79. The molecule has 1 fully saturated rings. The zero-order chi connectivity index (χ0) is 11.6. The largest absolute Gasteiger partial charge is 0.298 e. The van der Waals surface area contributed by atoms with Gasteiger partial charge < -0.3 is 0 Å². The summed E-state index contributed by atoms with van der Waals surface area (Å²) in [5.41, 5.74) is 0. The van der Waals surface area contributed by atoms with Crippen LogP contribution in [0.5, 0.6) is 0 Å². The van der Waals surface area contributed by atoms with Gasteiger partial charge in [0.15, 0.2) is 17.3 Å². The monoisotopic (exact) mass is 210 g/mol. The highest BCUT2D eigenvalue weighted by atomic mass is 16.2. The molecular formula is C12H18O3. The highest BCUT2D eigenvalue weighted by Gasteiger charge is 2.39. The van der Waals surface area contributed by atoms with Crippen molar-refractivity contribution in [2.24, 2.45) is 17.8 Å². The van der Waals surface area contributed by atoms with Crippen molar-refractivity contribution in [3.63, 3.8) is 0 Å². The second-order valence-corrected chi connectivity index (χ2v) is 4.60. The maximum absolute atomic E-state index is 11.7. The Labute approximate surface area is 90.2 Å². The fourth-order valence-corrected chi connectivity index (χ4v) is 2.04. The van der Waals surface area contributed by atoms with Gasteiger partial charge in [0.25, 0.3) is 0 Å². The third-order valence-electron chi connectivity index (χ3n) is 3.18. The van der Waals surface area contributed by atoms with Gasteiger partial charge in [0.05, 0.1) is 0 Å². The van der Waals surface area contributed by atoms with Crippen LogP contribution in [0.1, 0.15) is 40.0 Å². The Morgan fingerprint density at radius 3 is 2.07 bits per heavy atom. The molecule has 0 radical (unpaired) electrons. The van der Waals surface area contributed by atoms with Gasteiger partial charge in [-0.25, -0.2) is 0 Å². The smallest absolute Gasteiger partial charge is 0.151 e. The molecule has 0 unspecified atom stereocenters. The fraction of sp³-hybridized carbons (Fsp3) is 0.750. The van der Waals surface area contributed by atoms with Crippen LogP contribution in [0.3, 0.4) is 0 Å². The molecule has 0 bridgehead atoms. The molecule has 84 valence electrons. The van der Waals surface area contributed by atoms with Crippen molar-refractivity contribution >= 4 is 17.3 Å². The third kappa shape index (κ3) is 2.52. The molecule has 0 spiro atoms. The van der Waals surface area contributed by atoms with Crippen LogP contribution in [0.2, 0.25) is 0 Å². The van der Waals surface area contributed by atoms with Crippen LogP contribution >= 0.6 is 0 Å². The van der Waals surface area contributed by atoms with Gasteiger partial charge in [0, 0.05) is 19.3 Å². The van der Waals surface area contributed by atoms with Crippen molar-refractivity contribution in [3.8, 4) is 0 Å². The lowest BCUT2D eigenvalue weighted by Crippen LogP contribution is -2.39. The highest BCUT2D eigenvalue weighted by Crippen LogP contribution is 2.29. The number of hydrogen-bond acceptors (Lipinski definition) is 3. The standard InChI is InChI=1S/C12H18O3/c1-4-9(13)12-10(14)5-8(7(2)3)6-11(12)15/h7-8,12H,4-6H2,1-3H3. The van der Waals surface area contributed by atoms with Crippen molar-refractivity contribution in [3.05, 3.63) is 0 Å². The summed E-state index contributed by atoms with van der Waals surface area (Å²) in [4.78, 5) is 34.8. The van der Waals surface area contributed by atoms with Crippen LogP contribution in [0.25, 0.3) is 0 Å². The van der Waals surface area contributed by atoms with Crippen LogP contribution in [0.15, 0.2) is 0 Å². The van der Waals surface area contributed by atoms with E-state index in [0.29, 0.717) is 18.8 Å². The first-order valence-electron chi connectivity index (χ1n) is 5.55. The molecule has 0 amide bonds. The number of hydrogen-bond donors (Lipinski definition) is 0. The topological polar surface area (TPSA) is 51.2 Å². The maximum Gasteiger partial charge on any atom is 0.151 e. The summed E-state index contributed by atoms with van der Waals surface area (Å²) < 4.78 is 0. The third-order valence-corrected chi connectivity index (χ3v) is 3.18. The van der Waals surface area contributed by atoms with E-state index < -0.39 is 5.92 Å². The molecule has 0 saturated heterocycles.